The van der Waals surface area contributed by atoms with Crippen LogP contribution in [-0.2, 0) is 0 Å². The number of carbonyl (C=O) groups is 1. The lowest BCUT2D eigenvalue weighted by molar-refractivity contribution is 0.101. The molecule has 0 amide bonds. The van der Waals surface area contributed by atoms with Gasteiger partial charge in [0.2, 0.25) is 0 Å². The normalized spacial score (nSPS) is 10.6. The van der Waals surface area contributed by atoms with Crippen molar-refractivity contribution in [3.05, 3.63) is 28.8 Å². The first-order valence-corrected chi connectivity index (χ1v) is 4.87. The molecule has 0 aliphatic rings. The predicted molar refractivity (Wildman–Crippen MR) is 54.4 cm³/mol. The maximum Gasteiger partial charge on any atom is 0.188 e. The van der Waals surface area contributed by atoms with Gasteiger partial charge in [0.15, 0.2) is 10.8 Å². The second kappa shape index (κ2) is 2.92. The van der Waals surface area contributed by atoms with Crippen LogP contribution in [0, 0.1) is 6.92 Å². The quantitative estimate of drug-likeness (QED) is 0.649. The van der Waals surface area contributed by atoms with Gasteiger partial charge in [0.05, 0.1) is 10.2 Å². The summed E-state index contributed by atoms with van der Waals surface area (Å²) in [6.07, 6.45) is 0. The van der Waals surface area contributed by atoms with E-state index in [1.807, 2.05) is 25.1 Å². The number of hydrogen-bond acceptors (Lipinski definition) is 3. The minimum atomic E-state index is 0.0422. The molecule has 2 nitrogen and oxygen atoms in total. The molecule has 2 aromatic rings. The lowest BCUT2D eigenvalue weighted by Gasteiger charge is -1.90. The number of rotatable bonds is 1. The summed E-state index contributed by atoms with van der Waals surface area (Å²) < 4.78 is 1.12. The first-order valence-electron chi connectivity index (χ1n) is 4.05. The van der Waals surface area contributed by atoms with Crippen molar-refractivity contribution in [2.45, 2.75) is 13.8 Å². The zero-order valence-corrected chi connectivity index (χ0v) is 8.31. The van der Waals surface area contributed by atoms with E-state index in [0.717, 1.165) is 10.2 Å². The summed E-state index contributed by atoms with van der Waals surface area (Å²) in [6, 6.07) is 5.93. The van der Waals surface area contributed by atoms with Crippen LogP contribution in [0.4, 0.5) is 0 Å². The third-order valence-electron chi connectivity index (χ3n) is 1.91. The standard InChI is InChI=1S/C10H9NOS/c1-6-4-3-5-8-9(6)13-10(11-8)7(2)12/h3-5H,1-2H3. The summed E-state index contributed by atoms with van der Waals surface area (Å²) in [4.78, 5) is 15.3. The highest BCUT2D eigenvalue weighted by Gasteiger charge is 2.08. The van der Waals surface area contributed by atoms with Crippen molar-refractivity contribution < 1.29 is 4.79 Å². The van der Waals surface area contributed by atoms with Gasteiger partial charge in [-0.3, -0.25) is 4.79 Å². The molecule has 1 aromatic carbocycles. The number of thiazole rings is 1. The summed E-state index contributed by atoms with van der Waals surface area (Å²) in [5.74, 6) is 0.0422. The number of nitrogens with zero attached hydrogens (tertiary/aromatic N) is 1. The van der Waals surface area contributed by atoms with Gasteiger partial charge in [-0.2, -0.15) is 0 Å². The third kappa shape index (κ3) is 1.35. The molecule has 0 saturated carbocycles. The molecular formula is C10H9NOS. The molecule has 3 heteroatoms. The van der Waals surface area contributed by atoms with E-state index in [0.29, 0.717) is 5.01 Å². The number of hydrogen-bond donors (Lipinski definition) is 0. The zero-order chi connectivity index (χ0) is 9.42. The van der Waals surface area contributed by atoms with Gasteiger partial charge in [-0.1, -0.05) is 12.1 Å². The Labute approximate surface area is 80.2 Å². The van der Waals surface area contributed by atoms with E-state index in [1.165, 1.54) is 16.9 Å². The predicted octanol–water partition coefficient (Wildman–Crippen LogP) is 2.81. The summed E-state index contributed by atoms with van der Waals surface area (Å²) in [7, 11) is 0. The maximum absolute atomic E-state index is 11.1. The highest BCUT2D eigenvalue weighted by Crippen LogP contribution is 2.25. The van der Waals surface area contributed by atoms with Gasteiger partial charge >= 0.3 is 0 Å². The van der Waals surface area contributed by atoms with Crippen LogP contribution < -0.4 is 0 Å². The smallest absolute Gasteiger partial charge is 0.188 e. The fourth-order valence-electron chi connectivity index (χ4n) is 1.24. The van der Waals surface area contributed by atoms with Crippen molar-refractivity contribution in [3.8, 4) is 0 Å². The Hall–Kier alpha value is -1.22. The molecule has 0 unspecified atom stereocenters. The molecule has 66 valence electrons. The minimum Gasteiger partial charge on any atom is -0.292 e. The number of aryl methyl sites for hydroxylation is 1. The van der Waals surface area contributed by atoms with Gasteiger partial charge in [0, 0.05) is 6.92 Å². The molecule has 0 aliphatic carbocycles. The monoisotopic (exact) mass is 191 g/mol. The molecule has 1 heterocycles. The highest BCUT2D eigenvalue weighted by atomic mass is 32.1. The van der Waals surface area contributed by atoms with Crippen LogP contribution in [0.3, 0.4) is 0 Å². The van der Waals surface area contributed by atoms with E-state index in [9.17, 15) is 4.79 Å². The van der Waals surface area contributed by atoms with Crippen LogP contribution in [0.25, 0.3) is 10.2 Å². The third-order valence-corrected chi connectivity index (χ3v) is 3.22. The highest BCUT2D eigenvalue weighted by molar-refractivity contribution is 7.20. The van der Waals surface area contributed by atoms with Crippen LogP contribution in [0.15, 0.2) is 18.2 Å². The second-order valence-corrected chi connectivity index (χ2v) is 4.00. The molecule has 1 aromatic heterocycles. The molecule has 0 saturated heterocycles. The molecule has 0 radical (unpaired) electrons. The fraction of sp³-hybridized carbons (Fsp3) is 0.200. The van der Waals surface area contributed by atoms with Crippen molar-refractivity contribution >= 4 is 27.3 Å². The fourth-order valence-corrected chi connectivity index (χ4v) is 2.17. The first kappa shape index (κ1) is 8.38. The largest absolute Gasteiger partial charge is 0.292 e. The Morgan fingerprint density at radius 2 is 2.23 bits per heavy atom. The van der Waals surface area contributed by atoms with Crippen molar-refractivity contribution in [3.63, 3.8) is 0 Å². The Bertz CT molecular complexity index is 473. The van der Waals surface area contributed by atoms with Gasteiger partial charge in [-0.05, 0) is 18.6 Å². The van der Waals surface area contributed by atoms with Crippen LogP contribution in [0.1, 0.15) is 22.3 Å². The molecular weight excluding hydrogens is 182 g/mol. The van der Waals surface area contributed by atoms with Crippen molar-refractivity contribution in [1.82, 2.24) is 4.98 Å². The number of Topliss-reactive ketones (excluding diaryl/α,β-unsaturated/α-hetero) is 1. The number of carbonyl (C=O) groups excluding carboxylic acids is 1. The van der Waals surface area contributed by atoms with E-state index in [-0.39, 0.29) is 5.78 Å². The van der Waals surface area contributed by atoms with E-state index < -0.39 is 0 Å². The van der Waals surface area contributed by atoms with Crippen LogP contribution in [0.2, 0.25) is 0 Å². The molecule has 0 spiro atoms. The Kier molecular flexibility index (Phi) is 1.88. The number of ketones is 1. The van der Waals surface area contributed by atoms with E-state index in [1.54, 1.807) is 6.92 Å². The average Bonchev–Trinajstić information content (AvgIpc) is 2.49. The van der Waals surface area contributed by atoms with E-state index >= 15 is 0 Å². The van der Waals surface area contributed by atoms with Crippen LogP contribution in [-0.4, -0.2) is 10.8 Å². The van der Waals surface area contributed by atoms with Gasteiger partial charge < -0.3 is 0 Å². The van der Waals surface area contributed by atoms with Gasteiger partial charge in [-0.15, -0.1) is 11.3 Å². The maximum atomic E-state index is 11.1. The molecule has 13 heavy (non-hydrogen) atoms. The zero-order valence-electron chi connectivity index (χ0n) is 7.50. The average molecular weight is 191 g/mol. The summed E-state index contributed by atoms with van der Waals surface area (Å²) in [5, 5.41) is 0.601. The molecule has 2 rings (SSSR count). The van der Waals surface area contributed by atoms with Crippen molar-refractivity contribution in [1.29, 1.82) is 0 Å². The molecule has 0 aliphatic heterocycles. The Balaban J connectivity index is 2.75. The molecule has 0 bridgehead atoms. The lowest BCUT2D eigenvalue weighted by atomic mass is 10.2. The van der Waals surface area contributed by atoms with Gasteiger partial charge in [0.1, 0.15) is 0 Å². The minimum absolute atomic E-state index is 0.0422. The van der Waals surface area contributed by atoms with Crippen molar-refractivity contribution in [2.24, 2.45) is 0 Å². The topological polar surface area (TPSA) is 30.0 Å². The number of fused-ring (bicyclic) bond motifs is 1. The van der Waals surface area contributed by atoms with E-state index in [2.05, 4.69) is 4.98 Å². The Morgan fingerprint density at radius 3 is 2.85 bits per heavy atom. The summed E-state index contributed by atoms with van der Waals surface area (Å²) >= 11 is 1.47. The van der Waals surface area contributed by atoms with Crippen LogP contribution in [0.5, 0.6) is 0 Å². The SMILES string of the molecule is CC(=O)c1nc2cccc(C)c2s1. The van der Waals surface area contributed by atoms with Crippen molar-refractivity contribution in [2.75, 3.05) is 0 Å². The van der Waals surface area contributed by atoms with E-state index in [4.69, 9.17) is 0 Å². The molecule has 0 N–H and O–H groups in total. The summed E-state index contributed by atoms with van der Waals surface area (Å²) in [6.45, 7) is 3.58. The van der Waals surface area contributed by atoms with Crippen LogP contribution >= 0.6 is 11.3 Å². The molecule has 0 fully saturated rings. The lowest BCUT2D eigenvalue weighted by Crippen LogP contribution is -1.87. The Morgan fingerprint density at radius 1 is 1.46 bits per heavy atom. The number of aromatic nitrogens is 1. The number of benzene rings is 1. The summed E-state index contributed by atoms with van der Waals surface area (Å²) in [5.41, 5.74) is 2.11. The second-order valence-electron chi connectivity index (χ2n) is 3.00. The van der Waals surface area contributed by atoms with Gasteiger partial charge in [0.25, 0.3) is 0 Å². The first-order chi connectivity index (χ1) is 6.18. The molecule has 0 atom stereocenters. The van der Waals surface area contributed by atoms with Gasteiger partial charge in [-0.25, -0.2) is 4.98 Å².